The van der Waals surface area contributed by atoms with Gasteiger partial charge in [0.05, 0.1) is 19.3 Å². The van der Waals surface area contributed by atoms with E-state index in [-0.39, 0.29) is 0 Å². The van der Waals surface area contributed by atoms with Crippen LogP contribution in [0.5, 0.6) is 11.5 Å². The molecule has 5 heteroatoms. The third-order valence-corrected chi connectivity index (χ3v) is 4.70. The second-order valence-corrected chi connectivity index (χ2v) is 6.97. The number of hydrogen-bond acceptors (Lipinski definition) is 5. The molecule has 0 aliphatic carbocycles. The molecule has 0 saturated heterocycles. The van der Waals surface area contributed by atoms with Crippen molar-refractivity contribution in [3.8, 4) is 11.5 Å². The normalized spacial score (nSPS) is 13.0. The highest BCUT2D eigenvalue weighted by Crippen LogP contribution is 2.30. The van der Waals surface area contributed by atoms with Gasteiger partial charge in [-0.1, -0.05) is 6.07 Å². The second-order valence-electron chi connectivity index (χ2n) is 6.97. The van der Waals surface area contributed by atoms with Crippen molar-refractivity contribution in [3.63, 3.8) is 0 Å². The highest BCUT2D eigenvalue weighted by atomic mass is 16.5. The maximum Gasteiger partial charge on any atom is 0.127 e. The van der Waals surface area contributed by atoms with E-state index in [1.165, 1.54) is 5.57 Å². The van der Waals surface area contributed by atoms with Gasteiger partial charge in [-0.05, 0) is 61.0 Å². The van der Waals surface area contributed by atoms with E-state index >= 15 is 0 Å². The van der Waals surface area contributed by atoms with Crippen molar-refractivity contribution in [1.82, 2.24) is 9.88 Å². The Morgan fingerprint density at radius 3 is 2.75 bits per heavy atom. The van der Waals surface area contributed by atoms with Crippen LogP contribution in [0, 0.1) is 6.92 Å². The Bertz CT molecular complexity index is 963. The smallest absolute Gasteiger partial charge is 0.127 e. The van der Waals surface area contributed by atoms with Gasteiger partial charge in [0.1, 0.15) is 29.6 Å². The zero-order valence-electron chi connectivity index (χ0n) is 16.2. The Labute approximate surface area is 165 Å². The quantitative estimate of drug-likeness (QED) is 0.609. The summed E-state index contributed by atoms with van der Waals surface area (Å²) in [5.74, 6) is 3.60. The van der Waals surface area contributed by atoms with Crippen LogP contribution in [0.3, 0.4) is 0 Å². The van der Waals surface area contributed by atoms with Crippen LogP contribution in [0.25, 0.3) is 6.08 Å². The van der Waals surface area contributed by atoms with Gasteiger partial charge >= 0.3 is 0 Å². The molecule has 3 heterocycles. The van der Waals surface area contributed by atoms with E-state index in [2.05, 4.69) is 16.0 Å². The molecule has 0 unspecified atom stereocenters. The lowest BCUT2D eigenvalue weighted by molar-refractivity contribution is 0.237. The summed E-state index contributed by atoms with van der Waals surface area (Å²) >= 11 is 0. The molecule has 0 fully saturated rings. The van der Waals surface area contributed by atoms with E-state index in [4.69, 9.17) is 13.9 Å². The molecule has 0 N–H and O–H groups in total. The number of hydrogen-bond donors (Lipinski definition) is 0. The molecule has 1 aliphatic rings. The maximum absolute atomic E-state index is 5.95. The topological polar surface area (TPSA) is 47.7 Å². The minimum atomic E-state index is 0.579. The van der Waals surface area contributed by atoms with E-state index in [0.717, 1.165) is 47.4 Å². The Balaban J connectivity index is 1.55. The minimum absolute atomic E-state index is 0.579. The fourth-order valence-corrected chi connectivity index (χ4v) is 3.39. The van der Waals surface area contributed by atoms with Crippen LogP contribution in [-0.4, -0.2) is 30.1 Å². The molecular weight excluding hydrogens is 352 g/mol. The summed E-state index contributed by atoms with van der Waals surface area (Å²) in [4.78, 5) is 6.80. The van der Waals surface area contributed by atoms with Gasteiger partial charge in [-0.3, -0.25) is 9.88 Å². The number of aromatic nitrogens is 1. The Hall–Kier alpha value is -3.05. The van der Waals surface area contributed by atoms with Crippen molar-refractivity contribution in [1.29, 1.82) is 0 Å². The van der Waals surface area contributed by atoms with Crippen molar-refractivity contribution in [2.75, 3.05) is 20.3 Å². The van der Waals surface area contributed by atoms with E-state index in [1.54, 1.807) is 7.11 Å². The van der Waals surface area contributed by atoms with Crippen LogP contribution in [0.1, 0.15) is 22.8 Å². The van der Waals surface area contributed by atoms with Gasteiger partial charge in [-0.15, -0.1) is 0 Å². The molecule has 0 radical (unpaired) electrons. The first-order valence-electron chi connectivity index (χ1n) is 9.37. The lowest BCUT2D eigenvalue weighted by atomic mass is 10.1. The monoisotopic (exact) mass is 376 g/mol. The molecular formula is C23H24N2O3. The molecule has 0 amide bonds. The molecule has 0 atom stereocenters. The first-order valence-corrected chi connectivity index (χ1v) is 9.37. The summed E-state index contributed by atoms with van der Waals surface area (Å²) in [5.41, 5.74) is 3.29. The highest BCUT2D eigenvalue weighted by molar-refractivity contribution is 5.64. The number of nitrogens with zero attached hydrogens (tertiary/aromatic N) is 2. The lowest BCUT2D eigenvalue weighted by Crippen LogP contribution is -2.28. The number of pyridine rings is 1. The highest BCUT2D eigenvalue weighted by Gasteiger charge is 2.17. The van der Waals surface area contributed by atoms with Crippen molar-refractivity contribution in [2.45, 2.75) is 20.0 Å². The number of fused-ring (bicyclic) bond motifs is 1. The lowest BCUT2D eigenvalue weighted by Gasteiger charge is -2.25. The summed E-state index contributed by atoms with van der Waals surface area (Å²) in [6.07, 6.45) is 4.02. The molecule has 0 saturated carbocycles. The minimum Gasteiger partial charge on any atom is -0.497 e. The number of ether oxygens (including phenoxy) is 2. The van der Waals surface area contributed by atoms with Crippen LogP contribution in [0.15, 0.2) is 64.7 Å². The van der Waals surface area contributed by atoms with Gasteiger partial charge in [-0.2, -0.15) is 0 Å². The fourth-order valence-electron chi connectivity index (χ4n) is 3.39. The number of furan rings is 1. The van der Waals surface area contributed by atoms with Gasteiger partial charge in [0, 0.05) is 24.8 Å². The van der Waals surface area contributed by atoms with E-state index < -0.39 is 0 Å². The summed E-state index contributed by atoms with van der Waals surface area (Å²) in [6, 6.07) is 15.9. The van der Waals surface area contributed by atoms with E-state index in [9.17, 15) is 0 Å². The number of rotatable bonds is 7. The molecule has 5 nitrogen and oxygen atoms in total. The summed E-state index contributed by atoms with van der Waals surface area (Å²) < 4.78 is 17.1. The first-order chi connectivity index (χ1) is 13.7. The van der Waals surface area contributed by atoms with E-state index in [1.807, 2.05) is 61.7 Å². The van der Waals surface area contributed by atoms with Crippen molar-refractivity contribution >= 4 is 6.08 Å². The number of methoxy groups -OCH3 is 1. The fraction of sp³-hybridized carbons (Fsp3) is 0.261. The first kappa shape index (κ1) is 18.3. The predicted octanol–water partition coefficient (Wildman–Crippen LogP) is 4.47. The Morgan fingerprint density at radius 1 is 1.07 bits per heavy atom. The third-order valence-electron chi connectivity index (χ3n) is 4.70. The largest absolute Gasteiger partial charge is 0.497 e. The second kappa shape index (κ2) is 8.31. The standard InChI is InChI=1S/C23H24N2O3/c1-17-6-7-22(28-17)15-25(14-20-5-3-4-10-24-20)13-18-11-19-12-21(26-2)8-9-23(19)27-16-18/h3-12H,13-16H2,1-2H3. The van der Waals surface area contributed by atoms with Gasteiger partial charge < -0.3 is 13.9 Å². The van der Waals surface area contributed by atoms with Crippen molar-refractivity contribution < 1.29 is 13.9 Å². The van der Waals surface area contributed by atoms with Crippen LogP contribution in [-0.2, 0) is 13.1 Å². The summed E-state index contributed by atoms with van der Waals surface area (Å²) in [6.45, 7) is 4.77. The molecule has 4 rings (SSSR count). The average molecular weight is 376 g/mol. The molecule has 1 aromatic carbocycles. The molecule has 28 heavy (non-hydrogen) atoms. The average Bonchev–Trinajstić information content (AvgIpc) is 3.12. The number of aryl methyl sites for hydroxylation is 1. The molecule has 0 bridgehead atoms. The predicted molar refractivity (Wildman–Crippen MR) is 108 cm³/mol. The van der Waals surface area contributed by atoms with Gasteiger partial charge in [0.25, 0.3) is 0 Å². The Kier molecular flexibility index (Phi) is 5.44. The molecule has 2 aromatic heterocycles. The van der Waals surface area contributed by atoms with Crippen molar-refractivity contribution in [2.24, 2.45) is 0 Å². The third kappa shape index (κ3) is 4.43. The van der Waals surface area contributed by atoms with Gasteiger partial charge in [0.2, 0.25) is 0 Å². The SMILES string of the molecule is COc1ccc2c(c1)C=C(CN(Cc1ccccn1)Cc1ccc(C)o1)CO2. The summed E-state index contributed by atoms with van der Waals surface area (Å²) in [7, 11) is 1.68. The van der Waals surface area contributed by atoms with Gasteiger partial charge in [-0.25, -0.2) is 0 Å². The Morgan fingerprint density at radius 2 is 2.00 bits per heavy atom. The maximum atomic E-state index is 5.95. The van der Waals surface area contributed by atoms with Crippen LogP contribution in [0.2, 0.25) is 0 Å². The molecule has 0 spiro atoms. The molecule has 3 aromatic rings. The van der Waals surface area contributed by atoms with Crippen molar-refractivity contribution in [3.05, 3.63) is 83.1 Å². The van der Waals surface area contributed by atoms with E-state index in [0.29, 0.717) is 13.2 Å². The zero-order chi connectivity index (χ0) is 19.3. The molecule has 1 aliphatic heterocycles. The van der Waals surface area contributed by atoms with Crippen LogP contribution in [0.4, 0.5) is 0 Å². The van der Waals surface area contributed by atoms with Gasteiger partial charge in [0.15, 0.2) is 0 Å². The number of benzene rings is 1. The molecule has 144 valence electrons. The van der Waals surface area contributed by atoms with Crippen LogP contribution >= 0.6 is 0 Å². The van der Waals surface area contributed by atoms with Crippen LogP contribution < -0.4 is 9.47 Å². The summed E-state index contributed by atoms with van der Waals surface area (Å²) in [5, 5.41) is 0. The zero-order valence-corrected chi connectivity index (χ0v) is 16.2.